The summed E-state index contributed by atoms with van der Waals surface area (Å²) in [5.41, 5.74) is 3.48. The summed E-state index contributed by atoms with van der Waals surface area (Å²) in [7, 11) is 3.49. The molecule has 0 radical (unpaired) electrons. The van der Waals surface area contributed by atoms with E-state index in [1.807, 2.05) is 48.5 Å². The lowest BCUT2D eigenvalue weighted by atomic mass is 9.98. The molecule has 59 heavy (non-hydrogen) atoms. The van der Waals surface area contributed by atoms with Gasteiger partial charge in [-0.3, -0.25) is 28.8 Å². The molecule has 2 aromatic carbocycles. The number of ether oxygens (including phenoxy) is 5. The number of ketones is 1. The zero-order valence-electron chi connectivity index (χ0n) is 35.0. The van der Waals surface area contributed by atoms with Crippen molar-refractivity contribution in [2.75, 3.05) is 39.4 Å². The zero-order valence-corrected chi connectivity index (χ0v) is 35.8. The number of thioether (sulfide) groups is 1. The molecule has 0 aromatic heterocycles. The van der Waals surface area contributed by atoms with Crippen LogP contribution < -0.4 is 10.6 Å². The summed E-state index contributed by atoms with van der Waals surface area (Å²) >= 11 is 1.13. The van der Waals surface area contributed by atoms with Crippen LogP contribution in [-0.4, -0.2) is 105 Å². The standard InChI is InChI=1S/C43H56N2O13S/c1-25(19-36(47)57-22-34-32-15-11-9-13-30(32)31-14-10-12-16-33(31)34)38(49)45-35(42(53)56-8)18-17-29(46)20-27(39(50)44-26(2)40(51)54-6)23-59-24-28(41(52)55-7)21-37(48)58-43(3,4)5/h9-16,25-28,34-35H,17-24H2,1-8H3,(H,44,50)(H,45,49)/t25-,26-,27-,28+,35-/m1/s1. The van der Waals surface area contributed by atoms with Crippen LogP contribution in [0.25, 0.3) is 11.1 Å². The SMILES string of the molecule is COC(=O)[C@H](CSC[C@@H](CC(=O)CC[C@@H](NC(=O)[C@H](C)CC(=O)OCC1c2ccccc2-c2ccccc21)C(=O)OC)C(=O)N[C@H](C)C(=O)OC)CC(=O)OC(C)(C)C. The third-order valence-corrected chi connectivity index (χ3v) is 10.8. The molecule has 0 unspecified atom stereocenters. The van der Waals surface area contributed by atoms with E-state index in [2.05, 4.69) is 10.6 Å². The molecule has 0 saturated heterocycles. The Kier molecular flexibility index (Phi) is 18.6. The molecule has 0 bridgehead atoms. The minimum absolute atomic E-state index is 0.0117. The summed E-state index contributed by atoms with van der Waals surface area (Å²) < 4.78 is 25.4. The van der Waals surface area contributed by atoms with Gasteiger partial charge in [0.25, 0.3) is 0 Å². The maximum absolute atomic E-state index is 13.3. The number of rotatable bonds is 22. The second kappa shape index (κ2) is 22.8. The average molecular weight is 841 g/mol. The topological polar surface area (TPSA) is 207 Å². The predicted molar refractivity (Wildman–Crippen MR) is 218 cm³/mol. The molecule has 2 aromatic rings. The van der Waals surface area contributed by atoms with E-state index in [1.165, 1.54) is 21.0 Å². The van der Waals surface area contributed by atoms with Crippen molar-refractivity contribution in [2.45, 2.75) is 90.3 Å². The lowest BCUT2D eigenvalue weighted by Crippen LogP contribution is -2.45. The van der Waals surface area contributed by atoms with E-state index in [0.29, 0.717) is 0 Å². The molecule has 2 N–H and O–H groups in total. The molecular weight excluding hydrogens is 785 g/mol. The van der Waals surface area contributed by atoms with Crippen molar-refractivity contribution >= 4 is 59.2 Å². The Labute approximate surface area is 349 Å². The van der Waals surface area contributed by atoms with Crippen molar-refractivity contribution < 1.29 is 62.0 Å². The molecule has 1 aliphatic carbocycles. The number of hydrogen-bond donors (Lipinski definition) is 2. The fourth-order valence-electron chi connectivity index (χ4n) is 6.51. The molecular formula is C43H56N2O13S. The number of benzene rings is 2. The van der Waals surface area contributed by atoms with Crippen molar-refractivity contribution in [3.8, 4) is 11.1 Å². The highest BCUT2D eigenvalue weighted by atomic mass is 32.2. The van der Waals surface area contributed by atoms with E-state index in [9.17, 15) is 38.4 Å². The Morgan fingerprint density at radius 2 is 1.24 bits per heavy atom. The highest BCUT2D eigenvalue weighted by Gasteiger charge is 2.32. The molecule has 0 saturated carbocycles. The number of nitrogens with one attached hydrogen (secondary N) is 2. The van der Waals surface area contributed by atoms with Crippen molar-refractivity contribution in [1.29, 1.82) is 0 Å². The highest BCUT2D eigenvalue weighted by molar-refractivity contribution is 7.99. The van der Waals surface area contributed by atoms with Gasteiger partial charge in [-0.25, -0.2) is 9.59 Å². The van der Waals surface area contributed by atoms with Crippen molar-refractivity contribution in [1.82, 2.24) is 10.6 Å². The molecule has 0 spiro atoms. The van der Waals surface area contributed by atoms with Crippen LogP contribution in [0.1, 0.15) is 83.8 Å². The quantitative estimate of drug-likeness (QED) is 0.125. The average Bonchev–Trinajstić information content (AvgIpc) is 3.52. The molecule has 15 nitrogen and oxygen atoms in total. The summed E-state index contributed by atoms with van der Waals surface area (Å²) in [4.78, 5) is 102. The summed E-state index contributed by atoms with van der Waals surface area (Å²) in [6.07, 6.45) is -1.26. The largest absolute Gasteiger partial charge is 0.469 e. The number of amides is 2. The smallest absolute Gasteiger partial charge is 0.328 e. The normalized spacial score (nSPS) is 14.5. The van der Waals surface area contributed by atoms with Gasteiger partial charge in [-0.15, -0.1) is 0 Å². The summed E-state index contributed by atoms with van der Waals surface area (Å²) in [5, 5.41) is 5.11. The maximum Gasteiger partial charge on any atom is 0.328 e. The van der Waals surface area contributed by atoms with Crippen molar-refractivity contribution in [2.24, 2.45) is 17.8 Å². The summed E-state index contributed by atoms with van der Waals surface area (Å²) in [6, 6.07) is 13.6. The van der Waals surface area contributed by atoms with Crippen molar-refractivity contribution in [3.05, 3.63) is 59.7 Å². The molecule has 322 valence electrons. The lowest BCUT2D eigenvalue weighted by Gasteiger charge is -2.22. The van der Waals surface area contributed by atoms with Crippen LogP contribution in [0.2, 0.25) is 0 Å². The molecule has 0 heterocycles. The van der Waals surface area contributed by atoms with Crippen LogP contribution in [-0.2, 0) is 62.0 Å². The van der Waals surface area contributed by atoms with E-state index in [-0.39, 0.29) is 56.1 Å². The van der Waals surface area contributed by atoms with E-state index in [4.69, 9.17) is 23.7 Å². The minimum Gasteiger partial charge on any atom is -0.469 e. The number of esters is 5. The van der Waals surface area contributed by atoms with Crippen LogP contribution in [0.5, 0.6) is 0 Å². The lowest BCUT2D eigenvalue weighted by molar-refractivity contribution is -0.160. The summed E-state index contributed by atoms with van der Waals surface area (Å²) in [6.45, 7) is 8.11. The number of carbonyl (C=O) groups is 8. The monoisotopic (exact) mass is 840 g/mol. The second-order valence-electron chi connectivity index (χ2n) is 15.4. The van der Waals surface area contributed by atoms with E-state index in [0.717, 1.165) is 48.2 Å². The number of fused-ring (bicyclic) bond motifs is 3. The summed E-state index contributed by atoms with van der Waals surface area (Å²) in [5.74, 6) is -7.94. The Bertz CT molecular complexity index is 1800. The second-order valence-corrected chi connectivity index (χ2v) is 16.5. The van der Waals surface area contributed by atoms with Gasteiger partial charge in [0.05, 0.1) is 46.0 Å². The molecule has 16 heteroatoms. The number of carbonyl (C=O) groups excluding carboxylic acids is 8. The Balaban J connectivity index is 1.60. The Morgan fingerprint density at radius 1 is 0.678 bits per heavy atom. The minimum atomic E-state index is -1.24. The fraction of sp³-hybridized carbons (Fsp3) is 0.535. The van der Waals surface area contributed by atoms with E-state index >= 15 is 0 Å². The van der Waals surface area contributed by atoms with Crippen LogP contribution >= 0.6 is 11.8 Å². The van der Waals surface area contributed by atoms with E-state index < -0.39 is 82.9 Å². The number of Topliss-reactive ketones (excluding diaryl/α,β-unsaturated/α-hetero) is 1. The first-order valence-corrected chi connectivity index (χ1v) is 20.5. The molecule has 1 aliphatic rings. The van der Waals surface area contributed by atoms with Gasteiger partial charge in [0.15, 0.2) is 0 Å². The Morgan fingerprint density at radius 3 is 1.80 bits per heavy atom. The van der Waals surface area contributed by atoms with Gasteiger partial charge in [-0.05, 0) is 56.4 Å². The third kappa shape index (κ3) is 14.8. The third-order valence-electron chi connectivity index (χ3n) is 9.57. The Hall–Kier alpha value is -5.25. The highest BCUT2D eigenvalue weighted by Crippen LogP contribution is 2.44. The molecule has 5 atom stereocenters. The van der Waals surface area contributed by atoms with Gasteiger partial charge in [0, 0.05) is 36.2 Å². The van der Waals surface area contributed by atoms with Crippen molar-refractivity contribution in [3.63, 3.8) is 0 Å². The van der Waals surface area contributed by atoms with Gasteiger partial charge >= 0.3 is 29.8 Å². The van der Waals surface area contributed by atoms with Gasteiger partial charge in [-0.1, -0.05) is 55.5 Å². The maximum atomic E-state index is 13.3. The van der Waals surface area contributed by atoms with E-state index in [1.54, 1.807) is 20.8 Å². The van der Waals surface area contributed by atoms with Crippen LogP contribution in [0.15, 0.2) is 48.5 Å². The van der Waals surface area contributed by atoms with Gasteiger partial charge < -0.3 is 34.3 Å². The molecule has 2 amide bonds. The molecule has 0 fully saturated rings. The van der Waals surface area contributed by atoms with Crippen LogP contribution in [0, 0.1) is 17.8 Å². The number of methoxy groups -OCH3 is 3. The first-order chi connectivity index (χ1) is 27.9. The predicted octanol–water partition coefficient (Wildman–Crippen LogP) is 4.31. The first kappa shape index (κ1) is 48.1. The fourth-order valence-corrected chi connectivity index (χ4v) is 7.74. The van der Waals surface area contributed by atoms with Gasteiger partial charge in [-0.2, -0.15) is 11.8 Å². The number of hydrogen-bond acceptors (Lipinski definition) is 14. The van der Waals surface area contributed by atoms with Crippen LogP contribution in [0.4, 0.5) is 0 Å². The van der Waals surface area contributed by atoms with Gasteiger partial charge in [0.2, 0.25) is 11.8 Å². The first-order valence-electron chi connectivity index (χ1n) is 19.4. The molecule has 0 aliphatic heterocycles. The van der Waals surface area contributed by atoms with Gasteiger partial charge in [0.1, 0.15) is 30.1 Å². The van der Waals surface area contributed by atoms with Crippen LogP contribution in [0.3, 0.4) is 0 Å². The molecule has 3 rings (SSSR count). The zero-order chi connectivity index (χ0) is 43.9.